The highest BCUT2D eigenvalue weighted by molar-refractivity contribution is 7.11. The van der Waals surface area contributed by atoms with Crippen LogP contribution in [0, 0.1) is 6.92 Å². The van der Waals surface area contributed by atoms with Crippen LogP contribution in [-0.4, -0.2) is 44.9 Å². The lowest BCUT2D eigenvalue weighted by Gasteiger charge is -2.30. The van der Waals surface area contributed by atoms with Gasteiger partial charge < -0.3 is 24.4 Å². The van der Waals surface area contributed by atoms with E-state index in [9.17, 15) is 4.79 Å². The largest absolute Gasteiger partial charge is 0.486 e. The van der Waals surface area contributed by atoms with Gasteiger partial charge in [0.1, 0.15) is 19.3 Å². The summed E-state index contributed by atoms with van der Waals surface area (Å²) >= 11 is 1.70. The number of nitrogens with one attached hydrogen (secondary N) is 1. The van der Waals surface area contributed by atoms with Crippen molar-refractivity contribution in [3.63, 3.8) is 0 Å². The average Bonchev–Trinajstić information content (AvgIpc) is 3.11. The molecule has 1 fully saturated rings. The van der Waals surface area contributed by atoms with E-state index in [0.717, 1.165) is 22.9 Å². The number of benzene rings is 1. The molecule has 0 bridgehead atoms. The summed E-state index contributed by atoms with van der Waals surface area (Å²) in [5.74, 6) is 1.35. The van der Waals surface area contributed by atoms with Crippen LogP contribution in [0.25, 0.3) is 0 Å². The highest BCUT2D eigenvalue weighted by Gasteiger charge is 2.29. The summed E-state index contributed by atoms with van der Waals surface area (Å²) < 4.78 is 17.0. The highest BCUT2D eigenvalue weighted by atomic mass is 35.5. The zero-order valence-corrected chi connectivity index (χ0v) is 16.7. The number of ether oxygens (including phenoxy) is 3. The van der Waals surface area contributed by atoms with Gasteiger partial charge in [-0.2, -0.15) is 0 Å². The van der Waals surface area contributed by atoms with Crippen molar-refractivity contribution in [3.05, 3.63) is 40.1 Å². The second kappa shape index (κ2) is 8.93. The Balaban J connectivity index is 0.00000210. The molecular weight excluding hydrogens is 388 g/mol. The summed E-state index contributed by atoms with van der Waals surface area (Å²) in [4.78, 5) is 17.3. The second-order valence-corrected chi connectivity index (χ2v) is 7.70. The maximum absolute atomic E-state index is 13.2. The second-order valence-electron chi connectivity index (χ2n) is 6.33. The summed E-state index contributed by atoms with van der Waals surface area (Å²) in [6, 6.07) is 9.79. The monoisotopic (exact) mass is 410 g/mol. The zero-order valence-electron chi connectivity index (χ0n) is 15.1. The van der Waals surface area contributed by atoms with E-state index in [1.807, 2.05) is 18.2 Å². The molecule has 0 radical (unpaired) electrons. The Bertz CT molecular complexity index is 792. The molecule has 1 N–H and O–H groups in total. The lowest BCUT2D eigenvalue weighted by molar-refractivity contribution is -0.131. The number of hydrogen-bond acceptors (Lipinski definition) is 6. The van der Waals surface area contributed by atoms with Crippen molar-refractivity contribution in [1.82, 2.24) is 5.32 Å². The van der Waals surface area contributed by atoms with Crippen molar-refractivity contribution in [2.45, 2.75) is 19.6 Å². The molecule has 1 aromatic carbocycles. The van der Waals surface area contributed by atoms with E-state index in [-0.39, 0.29) is 18.3 Å². The van der Waals surface area contributed by atoms with Gasteiger partial charge in [0.25, 0.3) is 5.91 Å². The quantitative estimate of drug-likeness (QED) is 0.839. The lowest BCUT2D eigenvalue weighted by atomic mass is 10.2. The first-order chi connectivity index (χ1) is 12.7. The number of nitrogens with zero attached hydrogens (tertiary/aromatic N) is 1. The maximum atomic E-state index is 13.2. The molecule has 1 amide bonds. The molecule has 0 saturated carbocycles. The van der Waals surface area contributed by atoms with Gasteiger partial charge in [-0.1, -0.05) is 0 Å². The Hall–Kier alpha value is -1.80. The van der Waals surface area contributed by atoms with Gasteiger partial charge in [-0.15, -0.1) is 23.7 Å². The highest BCUT2D eigenvalue weighted by Crippen LogP contribution is 2.35. The van der Waals surface area contributed by atoms with Crippen LogP contribution in [0.2, 0.25) is 0 Å². The van der Waals surface area contributed by atoms with Crippen molar-refractivity contribution >= 4 is 35.3 Å². The number of fused-ring (bicyclic) bond motifs is 1. The number of hydrogen-bond donors (Lipinski definition) is 1. The molecular formula is C19H23ClN2O4S. The molecule has 1 aromatic heterocycles. The number of carbonyl (C=O) groups is 1. The molecule has 0 spiro atoms. The Morgan fingerprint density at radius 1 is 1.19 bits per heavy atom. The first-order valence-corrected chi connectivity index (χ1v) is 9.61. The van der Waals surface area contributed by atoms with Gasteiger partial charge >= 0.3 is 0 Å². The fourth-order valence-electron chi connectivity index (χ4n) is 3.12. The van der Waals surface area contributed by atoms with E-state index in [4.69, 9.17) is 14.2 Å². The molecule has 4 rings (SSSR count). The molecule has 2 aromatic rings. The standard InChI is InChI=1S/C19H22N2O4S.ClH/c1-13-2-4-15(26-13)12-21(19(22)18-11-20-6-7-23-18)14-3-5-16-17(10-14)25-9-8-24-16;/h2-5,10,18,20H,6-9,11-12H2,1H3;1H. The third-order valence-electron chi connectivity index (χ3n) is 4.42. The molecule has 1 saturated heterocycles. The molecule has 3 heterocycles. The molecule has 0 aliphatic carbocycles. The van der Waals surface area contributed by atoms with Gasteiger partial charge in [0.2, 0.25) is 0 Å². The number of halogens is 1. The SMILES string of the molecule is Cc1ccc(CN(C(=O)C2CNCCO2)c2ccc3c(c2)OCCO3)s1.Cl. The van der Waals surface area contributed by atoms with Crippen LogP contribution in [0.4, 0.5) is 5.69 Å². The van der Waals surface area contributed by atoms with Crippen molar-refractivity contribution in [1.29, 1.82) is 0 Å². The van der Waals surface area contributed by atoms with Gasteiger partial charge in [-0.05, 0) is 31.2 Å². The van der Waals surface area contributed by atoms with Gasteiger partial charge in [0.15, 0.2) is 11.5 Å². The van der Waals surface area contributed by atoms with Crippen molar-refractivity contribution in [2.75, 3.05) is 37.8 Å². The molecule has 146 valence electrons. The Kier molecular flexibility index (Phi) is 6.59. The fourth-order valence-corrected chi connectivity index (χ4v) is 4.00. The number of amides is 1. The maximum Gasteiger partial charge on any atom is 0.257 e. The average molecular weight is 411 g/mol. The Morgan fingerprint density at radius 3 is 2.70 bits per heavy atom. The summed E-state index contributed by atoms with van der Waals surface area (Å²) in [7, 11) is 0. The van der Waals surface area contributed by atoms with Crippen molar-refractivity contribution in [2.24, 2.45) is 0 Å². The van der Waals surface area contributed by atoms with Gasteiger partial charge in [-0.3, -0.25) is 4.79 Å². The fraction of sp³-hybridized carbons (Fsp3) is 0.421. The lowest BCUT2D eigenvalue weighted by Crippen LogP contribution is -2.49. The third kappa shape index (κ3) is 4.55. The molecule has 8 heteroatoms. The summed E-state index contributed by atoms with van der Waals surface area (Å²) in [5.41, 5.74) is 0.791. The van der Waals surface area contributed by atoms with Crippen LogP contribution in [0.15, 0.2) is 30.3 Å². The third-order valence-corrected chi connectivity index (χ3v) is 5.40. The number of carbonyl (C=O) groups excluding carboxylic acids is 1. The molecule has 6 nitrogen and oxygen atoms in total. The van der Waals surface area contributed by atoms with Gasteiger partial charge in [-0.25, -0.2) is 0 Å². The van der Waals surface area contributed by atoms with Crippen LogP contribution in [0.5, 0.6) is 11.5 Å². The van der Waals surface area contributed by atoms with Crippen LogP contribution < -0.4 is 19.7 Å². The van der Waals surface area contributed by atoms with E-state index in [0.29, 0.717) is 38.7 Å². The van der Waals surface area contributed by atoms with E-state index in [1.54, 1.807) is 16.2 Å². The molecule has 27 heavy (non-hydrogen) atoms. The minimum atomic E-state index is -0.474. The number of anilines is 1. The van der Waals surface area contributed by atoms with Gasteiger partial charge in [0, 0.05) is 34.6 Å². The predicted octanol–water partition coefficient (Wildman–Crippen LogP) is 2.77. The normalized spacial score (nSPS) is 18.5. The first-order valence-electron chi connectivity index (χ1n) is 8.79. The first kappa shape index (κ1) is 19.9. The minimum Gasteiger partial charge on any atom is -0.486 e. The number of rotatable bonds is 4. The summed E-state index contributed by atoms with van der Waals surface area (Å²) in [6.07, 6.45) is -0.474. The van der Waals surface area contributed by atoms with Crippen molar-refractivity contribution in [3.8, 4) is 11.5 Å². The predicted molar refractivity (Wildman–Crippen MR) is 108 cm³/mol. The Morgan fingerprint density at radius 2 is 2.00 bits per heavy atom. The van der Waals surface area contributed by atoms with Gasteiger partial charge in [0.05, 0.1) is 13.2 Å². The summed E-state index contributed by atoms with van der Waals surface area (Å²) in [6.45, 7) is 5.50. The molecule has 2 aliphatic heterocycles. The van der Waals surface area contributed by atoms with E-state index in [2.05, 4.69) is 24.4 Å². The van der Waals surface area contributed by atoms with Crippen LogP contribution in [0.1, 0.15) is 9.75 Å². The van der Waals surface area contributed by atoms with Crippen LogP contribution in [-0.2, 0) is 16.1 Å². The number of thiophene rings is 1. The van der Waals surface area contributed by atoms with Crippen molar-refractivity contribution < 1.29 is 19.0 Å². The van der Waals surface area contributed by atoms with E-state index < -0.39 is 6.10 Å². The topological polar surface area (TPSA) is 60.0 Å². The summed E-state index contributed by atoms with van der Waals surface area (Å²) in [5, 5.41) is 3.23. The Labute approximate surface area is 168 Å². The molecule has 1 atom stereocenters. The minimum absolute atomic E-state index is 0. The van der Waals surface area contributed by atoms with E-state index >= 15 is 0 Å². The number of aryl methyl sites for hydroxylation is 1. The number of morpholine rings is 1. The zero-order chi connectivity index (χ0) is 17.9. The van der Waals surface area contributed by atoms with Crippen LogP contribution >= 0.6 is 23.7 Å². The molecule has 2 aliphatic rings. The smallest absolute Gasteiger partial charge is 0.257 e. The molecule has 1 unspecified atom stereocenters. The van der Waals surface area contributed by atoms with Crippen LogP contribution in [0.3, 0.4) is 0 Å². The van der Waals surface area contributed by atoms with E-state index in [1.165, 1.54) is 4.88 Å².